The molecule has 0 aliphatic carbocycles. The Bertz CT molecular complexity index is 981. The molecular weight excluding hydrogens is 334 g/mol. The maximum atomic E-state index is 13.1. The van der Waals surface area contributed by atoms with Crippen molar-refractivity contribution in [1.29, 1.82) is 0 Å². The standard InChI is InChI=1S/C19H21N3O4/c1-12-4-5-15-13(8-12)16(23)14(9-21(15)2)17(24)22-7-3-6-19(11-22)10-20-18(25)26-19/h4-5,8-9H,3,6-7,10-11H2,1-2H3,(H,20,25)/t19-/m1/s1. The first-order chi connectivity index (χ1) is 12.4. The Kier molecular flexibility index (Phi) is 3.75. The van der Waals surface area contributed by atoms with E-state index in [9.17, 15) is 14.4 Å². The highest BCUT2D eigenvalue weighted by Crippen LogP contribution is 2.28. The van der Waals surface area contributed by atoms with Gasteiger partial charge in [-0.15, -0.1) is 0 Å². The lowest BCUT2D eigenvalue weighted by Crippen LogP contribution is -2.52. The molecule has 1 atom stereocenters. The number of hydrogen-bond donors (Lipinski definition) is 1. The molecule has 2 aromatic rings. The molecule has 7 nitrogen and oxygen atoms in total. The van der Waals surface area contributed by atoms with Crippen molar-refractivity contribution in [3.8, 4) is 0 Å². The van der Waals surface area contributed by atoms with Gasteiger partial charge in [-0.3, -0.25) is 9.59 Å². The minimum absolute atomic E-state index is 0.153. The number of nitrogens with zero attached hydrogens (tertiary/aromatic N) is 2. The van der Waals surface area contributed by atoms with Gasteiger partial charge < -0.3 is 19.5 Å². The molecule has 3 heterocycles. The Morgan fingerprint density at radius 1 is 1.31 bits per heavy atom. The average Bonchev–Trinajstić information content (AvgIpc) is 2.97. The van der Waals surface area contributed by atoms with E-state index < -0.39 is 11.7 Å². The van der Waals surface area contributed by atoms with Gasteiger partial charge in [0.1, 0.15) is 11.2 Å². The van der Waals surface area contributed by atoms with E-state index >= 15 is 0 Å². The lowest BCUT2D eigenvalue weighted by molar-refractivity contribution is -0.00510. The van der Waals surface area contributed by atoms with Crippen LogP contribution in [0.1, 0.15) is 28.8 Å². The van der Waals surface area contributed by atoms with Gasteiger partial charge >= 0.3 is 6.09 Å². The van der Waals surface area contributed by atoms with Gasteiger partial charge in [0, 0.05) is 25.2 Å². The molecule has 2 saturated heterocycles. The molecule has 0 radical (unpaired) electrons. The summed E-state index contributed by atoms with van der Waals surface area (Å²) in [6.07, 6.45) is 2.59. The van der Waals surface area contributed by atoms with Crippen LogP contribution in [0.5, 0.6) is 0 Å². The third-order valence-corrected chi connectivity index (χ3v) is 5.27. The highest BCUT2D eigenvalue weighted by Gasteiger charge is 2.45. The van der Waals surface area contributed by atoms with Crippen LogP contribution in [0.2, 0.25) is 0 Å². The van der Waals surface area contributed by atoms with Crippen molar-refractivity contribution in [2.24, 2.45) is 7.05 Å². The van der Waals surface area contributed by atoms with E-state index in [-0.39, 0.29) is 16.9 Å². The Morgan fingerprint density at radius 2 is 2.12 bits per heavy atom. The van der Waals surface area contributed by atoms with E-state index in [2.05, 4.69) is 5.32 Å². The number of alkyl carbamates (subject to hydrolysis) is 1. The normalized spacial score (nSPS) is 22.5. The van der Waals surface area contributed by atoms with Crippen LogP contribution in [-0.2, 0) is 11.8 Å². The van der Waals surface area contributed by atoms with Crippen LogP contribution >= 0.6 is 0 Å². The second kappa shape index (κ2) is 5.86. The molecule has 26 heavy (non-hydrogen) atoms. The lowest BCUT2D eigenvalue weighted by atomic mass is 9.92. The average molecular weight is 355 g/mol. The van der Waals surface area contributed by atoms with Crippen LogP contribution in [0.4, 0.5) is 4.79 Å². The summed E-state index contributed by atoms with van der Waals surface area (Å²) in [6, 6.07) is 5.65. The molecule has 4 rings (SSSR count). The molecule has 2 fully saturated rings. The minimum atomic E-state index is -0.677. The highest BCUT2D eigenvalue weighted by molar-refractivity contribution is 5.97. The van der Waals surface area contributed by atoms with Crippen molar-refractivity contribution in [2.75, 3.05) is 19.6 Å². The van der Waals surface area contributed by atoms with E-state index in [0.29, 0.717) is 31.4 Å². The van der Waals surface area contributed by atoms with E-state index in [1.54, 1.807) is 15.7 Å². The number of pyridine rings is 1. The van der Waals surface area contributed by atoms with Gasteiger partial charge in [-0.05, 0) is 31.9 Å². The molecule has 0 bridgehead atoms. The number of piperidine rings is 1. The third-order valence-electron chi connectivity index (χ3n) is 5.27. The predicted molar refractivity (Wildman–Crippen MR) is 96.3 cm³/mol. The van der Waals surface area contributed by atoms with Gasteiger partial charge in [-0.2, -0.15) is 0 Å². The van der Waals surface area contributed by atoms with Gasteiger partial charge in [-0.1, -0.05) is 11.6 Å². The largest absolute Gasteiger partial charge is 0.439 e. The zero-order chi connectivity index (χ0) is 18.5. The maximum Gasteiger partial charge on any atom is 0.407 e. The van der Waals surface area contributed by atoms with Crippen molar-refractivity contribution >= 4 is 22.9 Å². The van der Waals surface area contributed by atoms with Crippen LogP contribution < -0.4 is 10.7 Å². The summed E-state index contributed by atoms with van der Waals surface area (Å²) in [5, 5.41) is 3.21. The van der Waals surface area contributed by atoms with Crippen LogP contribution in [0.15, 0.2) is 29.2 Å². The number of fused-ring (bicyclic) bond motifs is 1. The number of carbonyl (C=O) groups is 2. The molecule has 1 aromatic heterocycles. The van der Waals surface area contributed by atoms with Crippen LogP contribution in [0.3, 0.4) is 0 Å². The van der Waals surface area contributed by atoms with Gasteiger partial charge in [0.2, 0.25) is 5.43 Å². The summed E-state index contributed by atoms with van der Waals surface area (Å²) in [7, 11) is 1.83. The minimum Gasteiger partial charge on any atom is -0.439 e. The second-order valence-electron chi connectivity index (χ2n) is 7.26. The fourth-order valence-corrected chi connectivity index (χ4v) is 3.93. The first-order valence-corrected chi connectivity index (χ1v) is 8.75. The quantitative estimate of drug-likeness (QED) is 0.842. The van der Waals surface area contributed by atoms with Crippen molar-refractivity contribution < 1.29 is 14.3 Å². The summed E-state index contributed by atoms with van der Waals surface area (Å²) in [6.45, 7) is 3.17. The lowest BCUT2D eigenvalue weighted by Gasteiger charge is -2.38. The summed E-state index contributed by atoms with van der Waals surface area (Å²) in [5.74, 6) is -0.309. The first kappa shape index (κ1) is 16.6. The van der Waals surface area contributed by atoms with Crippen LogP contribution in [0, 0.1) is 6.92 Å². The molecule has 1 spiro atoms. The van der Waals surface area contributed by atoms with E-state index in [4.69, 9.17) is 4.74 Å². The van der Waals surface area contributed by atoms with Crippen molar-refractivity contribution in [3.05, 3.63) is 45.7 Å². The van der Waals surface area contributed by atoms with Crippen LogP contribution in [-0.4, -0.2) is 46.7 Å². The van der Waals surface area contributed by atoms with Crippen molar-refractivity contribution in [3.63, 3.8) is 0 Å². The summed E-state index contributed by atoms with van der Waals surface area (Å²) >= 11 is 0. The van der Waals surface area contributed by atoms with E-state index in [1.807, 2.05) is 32.2 Å². The highest BCUT2D eigenvalue weighted by atomic mass is 16.6. The number of nitrogens with one attached hydrogen (secondary N) is 1. The Morgan fingerprint density at radius 3 is 2.85 bits per heavy atom. The molecule has 0 saturated carbocycles. The van der Waals surface area contributed by atoms with Crippen molar-refractivity contribution in [2.45, 2.75) is 25.4 Å². The number of likely N-dealkylation sites (tertiary alicyclic amines) is 1. The SMILES string of the molecule is Cc1ccc2c(c1)c(=O)c(C(=O)N1CCC[C@@]3(CNC(=O)O3)C1)cn2C. The van der Waals surface area contributed by atoms with E-state index in [0.717, 1.165) is 17.5 Å². The maximum absolute atomic E-state index is 13.1. The molecule has 2 aliphatic rings. The number of ether oxygens (including phenoxy) is 1. The number of benzene rings is 1. The predicted octanol–water partition coefficient (Wildman–Crippen LogP) is 1.56. The first-order valence-electron chi connectivity index (χ1n) is 8.75. The fraction of sp³-hybridized carbons (Fsp3) is 0.421. The molecule has 0 unspecified atom stereocenters. The second-order valence-corrected chi connectivity index (χ2v) is 7.26. The molecule has 2 amide bonds. The molecule has 7 heteroatoms. The number of hydrogen-bond acceptors (Lipinski definition) is 4. The van der Waals surface area contributed by atoms with Crippen molar-refractivity contribution in [1.82, 2.24) is 14.8 Å². The van der Waals surface area contributed by atoms with Crippen LogP contribution in [0.25, 0.3) is 10.9 Å². The molecule has 136 valence electrons. The van der Waals surface area contributed by atoms with Gasteiger partial charge in [0.25, 0.3) is 5.91 Å². The topological polar surface area (TPSA) is 80.6 Å². The fourth-order valence-electron chi connectivity index (χ4n) is 3.93. The van der Waals surface area contributed by atoms with Gasteiger partial charge in [-0.25, -0.2) is 4.79 Å². The Labute approximate surface area is 150 Å². The third kappa shape index (κ3) is 2.64. The molecule has 2 aliphatic heterocycles. The Hall–Kier alpha value is -2.83. The molecular formula is C19H21N3O4. The Balaban J connectivity index is 1.71. The monoisotopic (exact) mass is 355 g/mol. The summed E-state index contributed by atoms with van der Waals surface area (Å²) < 4.78 is 7.22. The number of rotatable bonds is 1. The zero-order valence-electron chi connectivity index (χ0n) is 14.9. The molecule has 1 aromatic carbocycles. The number of carbonyl (C=O) groups excluding carboxylic acids is 2. The number of aromatic nitrogens is 1. The zero-order valence-corrected chi connectivity index (χ0v) is 14.9. The van der Waals surface area contributed by atoms with Gasteiger partial charge in [0.05, 0.1) is 18.6 Å². The summed E-state index contributed by atoms with van der Waals surface area (Å²) in [5.41, 5.74) is 0.984. The number of aryl methyl sites for hydroxylation is 2. The van der Waals surface area contributed by atoms with E-state index in [1.165, 1.54) is 0 Å². The smallest absolute Gasteiger partial charge is 0.407 e. The summed E-state index contributed by atoms with van der Waals surface area (Å²) in [4.78, 5) is 39.1. The molecule has 1 N–H and O–H groups in total. The van der Waals surface area contributed by atoms with Gasteiger partial charge in [0.15, 0.2) is 0 Å². The number of amides is 2.